The van der Waals surface area contributed by atoms with Crippen LogP contribution in [0, 0.1) is 23.2 Å². The summed E-state index contributed by atoms with van der Waals surface area (Å²) in [6.07, 6.45) is 7.57. The number of rotatable bonds is 11. The number of primary amides is 1. The van der Waals surface area contributed by atoms with Crippen molar-refractivity contribution in [3.05, 3.63) is 35.9 Å². The third-order valence-electron chi connectivity index (χ3n) is 8.03. The highest BCUT2D eigenvalue weighted by molar-refractivity contribution is 5.93. The maximum atomic E-state index is 13.6. The summed E-state index contributed by atoms with van der Waals surface area (Å²) in [5.74, 6) is 0.780. The van der Waals surface area contributed by atoms with Gasteiger partial charge in [-0.2, -0.15) is 0 Å². The SMILES string of the molecule is Cl.NC(=O)[C@H](Cc1ccccc1)NC(=O)[C@H](CCCN=C(N)N)NC(=O)C12CC3CC(CC(C3)C1)C2. The van der Waals surface area contributed by atoms with Crippen LogP contribution >= 0.6 is 12.4 Å². The fourth-order valence-corrected chi connectivity index (χ4v) is 6.82. The van der Waals surface area contributed by atoms with E-state index in [0.717, 1.165) is 24.8 Å². The fraction of sp³-hybridized carbons (Fsp3) is 0.615. The molecule has 5 rings (SSSR count). The van der Waals surface area contributed by atoms with Crippen molar-refractivity contribution in [1.82, 2.24) is 10.6 Å². The second-order valence-electron chi connectivity index (χ2n) is 10.8. The minimum atomic E-state index is -0.874. The van der Waals surface area contributed by atoms with Crippen LogP contribution in [0.25, 0.3) is 0 Å². The molecule has 4 aliphatic carbocycles. The number of hydrogen-bond acceptors (Lipinski definition) is 4. The van der Waals surface area contributed by atoms with Gasteiger partial charge in [-0.05, 0) is 74.7 Å². The third-order valence-corrected chi connectivity index (χ3v) is 8.03. The van der Waals surface area contributed by atoms with Crippen molar-refractivity contribution in [3.63, 3.8) is 0 Å². The molecular weight excluding hydrogens is 480 g/mol. The van der Waals surface area contributed by atoms with E-state index in [9.17, 15) is 14.4 Å². The molecule has 4 bridgehead atoms. The number of benzene rings is 1. The second-order valence-corrected chi connectivity index (χ2v) is 10.8. The Labute approximate surface area is 218 Å². The molecule has 0 aliphatic heterocycles. The smallest absolute Gasteiger partial charge is 0.243 e. The van der Waals surface area contributed by atoms with Gasteiger partial charge in [-0.15, -0.1) is 12.4 Å². The van der Waals surface area contributed by atoms with E-state index < -0.39 is 23.9 Å². The van der Waals surface area contributed by atoms with Crippen molar-refractivity contribution in [1.29, 1.82) is 0 Å². The van der Waals surface area contributed by atoms with Crippen molar-refractivity contribution in [3.8, 4) is 0 Å². The van der Waals surface area contributed by atoms with Gasteiger partial charge in [-0.3, -0.25) is 19.4 Å². The Hall–Kier alpha value is -2.81. The maximum absolute atomic E-state index is 13.6. The van der Waals surface area contributed by atoms with Crippen LogP contribution in [-0.2, 0) is 20.8 Å². The van der Waals surface area contributed by atoms with Gasteiger partial charge in [0.15, 0.2) is 5.96 Å². The number of halogens is 1. The van der Waals surface area contributed by atoms with Gasteiger partial charge in [0, 0.05) is 18.4 Å². The third kappa shape index (κ3) is 6.69. The Kier molecular flexibility index (Phi) is 9.22. The zero-order valence-corrected chi connectivity index (χ0v) is 21.5. The number of nitrogens with one attached hydrogen (secondary N) is 2. The van der Waals surface area contributed by atoms with Gasteiger partial charge in [0.25, 0.3) is 0 Å². The number of aliphatic imine (C=N–C) groups is 1. The molecule has 10 heteroatoms. The lowest BCUT2D eigenvalue weighted by atomic mass is 9.49. The molecule has 1 aromatic rings. The summed E-state index contributed by atoms with van der Waals surface area (Å²) in [5.41, 5.74) is 17.0. The van der Waals surface area contributed by atoms with E-state index in [1.54, 1.807) is 0 Å². The number of amides is 3. The molecule has 8 N–H and O–H groups in total. The van der Waals surface area contributed by atoms with Crippen LogP contribution in [-0.4, -0.2) is 42.3 Å². The highest BCUT2D eigenvalue weighted by atomic mass is 35.5. The average Bonchev–Trinajstić information content (AvgIpc) is 2.80. The summed E-state index contributed by atoms with van der Waals surface area (Å²) in [6.45, 7) is 0.350. The number of hydrogen-bond donors (Lipinski definition) is 5. The first kappa shape index (κ1) is 27.8. The van der Waals surface area contributed by atoms with Crippen LogP contribution in [0.2, 0.25) is 0 Å². The van der Waals surface area contributed by atoms with Crippen LogP contribution in [0.4, 0.5) is 0 Å². The maximum Gasteiger partial charge on any atom is 0.243 e. The van der Waals surface area contributed by atoms with E-state index in [1.807, 2.05) is 30.3 Å². The Morgan fingerprint density at radius 1 is 0.917 bits per heavy atom. The lowest BCUT2D eigenvalue weighted by Gasteiger charge is -2.55. The fourth-order valence-electron chi connectivity index (χ4n) is 6.82. The highest BCUT2D eigenvalue weighted by Crippen LogP contribution is 2.60. The molecule has 4 fully saturated rings. The molecule has 2 atom stereocenters. The van der Waals surface area contributed by atoms with E-state index in [-0.39, 0.29) is 36.1 Å². The molecule has 0 saturated heterocycles. The Balaban J connectivity index is 0.00000361. The van der Waals surface area contributed by atoms with E-state index in [1.165, 1.54) is 19.3 Å². The molecule has 3 amide bonds. The van der Waals surface area contributed by atoms with E-state index in [0.29, 0.717) is 37.1 Å². The topological polar surface area (TPSA) is 166 Å². The van der Waals surface area contributed by atoms with E-state index in [2.05, 4.69) is 15.6 Å². The number of nitrogens with two attached hydrogens (primary N) is 3. The normalized spacial score (nSPS) is 27.3. The Morgan fingerprint density at radius 2 is 1.50 bits per heavy atom. The summed E-state index contributed by atoms with van der Waals surface area (Å²) >= 11 is 0. The molecule has 0 radical (unpaired) electrons. The summed E-state index contributed by atoms with van der Waals surface area (Å²) in [7, 11) is 0. The zero-order chi connectivity index (χ0) is 25.0. The first-order chi connectivity index (χ1) is 16.7. The first-order valence-electron chi connectivity index (χ1n) is 12.7. The average molecular weight is 519 g/mol. The number of guanidine groups is 1. The molecule has 9 nitrogen and oxygen atoms in total. The zero-order valence-electron chi connectivity index (χ0n) is 20.7. The molecule has 1 aromatic carbocycles. The van der Waals surface area contributed by atoms with Crippen molar-refractivity contribution in [2.45, 2.75) is 69.9 Å². The monoisotopic (exact) mass is 518 g/mol. The summed E-state index contributed by atoms with van der Waals surface area (Å²) < 4.78 is 0. The molecule has 0 heterocycles. The largest absolute Gasteiger partial charge is 0.370 e. The van der Waals surface area contributed by atoms with Crippen molar-refractivity contribution >= 4 is 36.1 Å². The van der Waals surface area contributed by atoms with E-state index in [4.69, 9.17) is 17.2 Å². The summed E-state index contributed by atoms with van der Waals surface area (Å²) in [4.78, 5) is 43.0. The van der Waals surface area contributed by atoms with Crippen molar-refractivity contribution in [2.75, 3.05) is 6.54 Å². The summed E-state index contributed by atoms with van der Waals surface area (Å²) in [5, 5.41) is 5.84. The molecular formula is C26H39ClN6O3. The first-order valence-corrected chi connectivity index (χ1v) is 12.7. The quantitative estimate of drug-likeness (QED) is 0.169. The lowest BCUT2D eigenvalue weighted by molar-refractivity contribution is -0.148. The van der Waals surface area contributed by atoms with Gasteiger partial charge in [0.05, 0.1) is 0 Å². The van der Waals surface area contributed by atoms with Crippen LogP contribution in [0.3, 0.4) is 0 Å². The van der Waals surface area contributed by atoms with Gasteiger partial charge < -0.3 is 27.8 Å². The molecule has 36 heavy (non-hydrogen) atoms. The standard InChI is InChI=1S/C26H38N6O3.ClH/c27-22(33)21(12-16-5-2-1-3-6-16)31-23(34)20(7-4-8-30-25(28)29)32-24(35)26-13-17-9-18(14-26)11-19(10-17)15-26;/h1-3,5-6,17-21H,4,7-15H2,(H2,27,33)(H,31,34)(H,32,35)(H4,28,29,30);1H/t17?,18?,19?,20-,21-,26?;/m0./s1. The molecule has 198 valence electrons. The number of carbonyl (C=O) groups excluding carboxylic acids is 3. The van der Waals surface area contributed by atoms with Crippen molar-refractivity contribution < 1.29 is 14.4 Å². The van der Waals surface area contributed by atoms with Gasteiger partial charge in [-0.25, -0.2) is 0 Å². The predicted octanol–water partition coefficient (Wildman–Crippen LogP) is 1.38. The molecule has 0 aromatic heterocycles. The molecule has 4 aliphatic rings. The van der Waals surface area contributed by atoms with Crippen LogP contribution in [0.15, 0.2) is 35.3 Å². The van der Waals surface area contributed by atoms with E-state index >= 15 is 0 Å². The van der Waals surface area contributed by atoms with Crippen LogP contribution < -0.4 is 27.8 Å². The number of carbonyl (C=O) groups is 3. The minimum absolute atomic E-state index is 0. The lowest BCUT2D eigenvalue weighted by Crippen LogP contribution is -2.58. The van der Waals surface area contributed by atoms with Gasteiger partial charge >= 0.3 is 0 Å². The van der Waals surface area contributed by atoms with Gasteiger partial charge in [-0.1, -0.05) is 30.3 Å². The van der Waals surface area contributed by atoms with Crippen molar-refractivity contribution in [2.24, 2.45) is 45.4 Å². The van der Waals surface area contributed by atoms with Crippen LogP contribution in [0.5, 0.6) is 0 Å². The Morgan fingerprint density at radius 3 is 2.03 bits per heavy atom. The molecule has 4 saturated carbocycles. The minimum Gasteiger partial charge on any atom is -0.370 e. The predicted molar refractivity (Wildman–Crippen MR) is 141 cm³/mol. The van der Waals surface area contributed by atoms with Gasteiger partial charge in [0.2, 0.25) is 17.7 Å². The number of nitrogens with zero attached hydrogens (tertiary/aromatic N) is 1. The van der Waals surface area contributed by atoms with Gasteiger partial charge in [0.1, 0.15) is 12.1 Å². The Bertz CT molecular complexity index is 930. The molecule has 0 unspecified atom stereocenters. The highest BCUT2D eigenvalue weighted by Gasteiger charge is 2.55. The second kappa shape index (κ2) is 12.0. The molecule has 0 spiro atoms. The summed E-state index contributed by atoms with van der Waals surface area (Å²) in [6, 6.07) is 7.71. The van der Waals surface area contributed by atoms with Crippen LogP contribution in [0.1, 0.15) is 56.9 Å².